The number of furan rings is 1. The molecular weight excluding hydrogens is 397 g/mol. The number of carbonyl (C=O) groups excluding carboxylic acids is 2. The van der Waals surface area contributed by atoms with Crippen LogP contribution in [0.3, 0.4) is 0 Å². The predicted molar refractivity (Wildman–Crippen MR) is 113 cm³/mol. The lowest BCUT2D eigenvalue weighted by molar-refractivity contribution is 0.0700. The van der Waals surface area contributed by atoms with Crippen LogP contribution in [0.5, 0.6) is 0 Å². The quantitative estimate of drug-likeness (QED) is 0.601. The minimum Gasteiger partial charge on any atom is -0.454 e. The summed E-state index contributed by atoms with van der Waals surface area (Å²) in [6.07, 6.45) is 4.82. The van der Waals surface area contributed by atoms with Gasteiger partial charge in [0.25, 0.3) is 5.91 Å². The molecule has 31 heavy (non-hydrogen) atoms. The van der Waals surface area contributed by atoms with Crippen LogP contribution in [0.2, 0.25) is 0 Å². The summed E-state index contributed by atoms with van der Waals surface area (Å²) in [5.41, 5.74) is 1.60. The molecule has 160 valence electrons. The summed E-state index contributed by atoms with van der Waals surface area (Å²) < 4.78 is 18.9. The summed E-state index contributed by atoms with van der Waals surface area (Å²) in [5, 5.41) is 3.09. The number of halogens is 1. The average Bonchev–Trinajstić information content (AvgIpc) is 3.48. The van der Waals surface area contributed by atoms with Gasteiger partial charge < -0.3 is 14.6 Å². The van der Waals surface area contributed by atoms with Gasteiger partial charge in [-0.3, -0.25) is 14.6 Å². The van der Waals surface area contributed by atoms with Crippen molar-refractivity contribution < 1.29 is 18.4 Å². The van der Waals surface area contributed by atoms with Crippen molar-refractivity contribution >= 4 is 11.7 Å². The van der Waals surface area contributed by atoms with E-state index in [9.17, 15) is 14.0 Å². The molecule has 1 aliphatic heterocycles. The first-order chi connectivity index (χ1) is 15.0. The Hall–Kier alpha value is -3.32. The molecule has 2 unspecified atom stereocenters. The number of ketones is 1. The molecule has 1 aromatic carbocycles. The van der Waals surface area contributed by atoms with Crippen molar-refractivity contribution in [3.05, 3.63) is 88.9 Å². The number of amides is 1. The zero-order valence-corrected chi connectivity index (χ0v) is 17.5. The molecular formula is C24H24FN3O3. The molecule has 1 saturated heterocycles. The van der Waals surface area contributed by atoms with Crippen LogP contribution in [0, 0.1) is 5.82 Å². The van der Waals surface area contributed by atoms with Crippen LogP contribution in [0.15, 0.2) is 59.3 Å². The first-order valence-electron chi connectivity index (χ1n) is 10.3. The highest BCUT2D eigenvalue weighted by atomic mass is 19.1. The molecule has 4 rings (SSSR count). The van der Waals surface area contributed by atoms with Crippen LogP contribution < -0.4 is 5.32 Å². The van der Waals surface area contributed by atoms with Crippen molar-refractivity contribution in [2.75, 3.05) is 13.6 Å². The molecule has 2 atom stereocenters. The van der Waals surface area contributed by atoms with Gasteiger partial charge in [-0.05, 0) is 74.8 Å². The third-order valence-electron chi connectivity index (χ3n) is 5.72. The Morgan fingerprint density at radius 2 is 1.94 bits per heavy atom. The molecule has 6 nitrogen and oxygen atoms in total. The SMILES string of the molecule is CNC(C)c1ccc(C(=O)N2CCCC2c2cncc(C(=O)c3ccc(F)cc3)c2)o1. The smallest absolute Gasteiger partial charge is 0.290 e. The number of rotatable bonds is 6. The minimum absolute atomic E-state index is 0.00859. The van der Waals surface area contributed by atoms with Gasteiger partial charge in [0, 0.05) is 30.1 Å². The second-order valence-corrected chi connectivity index (χ2v) is 7.71. The summed E-state index contributed by atoms with van der Waals surface area (Å²) >= 11 is 0. The molecule has 1 fully saturated rings. The largest absolute Gasteiger partial charge is 0.454 e. The number of carbonyl (C=O) groups is 2. The van der Waals surface area contributed by atoms with Crippen molar-refractivity contribution in [3.8, 4) is 0 Å². The summed E-state index contributed by atoms with van der Waals surface area (Å²) in [7, 11) is 1.83. The third kappa shape index (κ3) is 4.27. The van der Waals surface area contributed by atoms with E-state index < -0.39 is 5.82 Å². The Labute approximate surface area is 180 Å². The minimum atomic E-state index is -0.395. The Morgan fingerprint density at radius 1 is 1.16 bits per heavy atom. The molecule has 0 aliphatic carbocycles. The number of pyridine rings is 1. The lowest BCUT2D eigenvalue weighted by Gasteiger charge is -2.24. The fourth-order valence-corrected chi connectivity index (χ4v) is 3.87. The molecule has 2 aromatic heterocycles. The summed E-state index contributed by atoms with van der Waals surface area (Å²) in [6.45, 7) is 2.57. The molecule has 1 aliphatic rings. The van der Waals surface area contributed by atoms with Crippen molar-refractivity contribution in [1.82, 2.24) is 15.2 Å². The molecule has 0 bridgehead atoms. The number of hydrogen-bond donors (Lipinski definition) is 1. The number of aromatic nitrogens is 1. The van der Waals surface area contributed by atoms with E-state index in [1.54, 1.807) is 23.2 Å². The topological polar surface area (TPSA) is 75.4 Å². The van der Waals surface area contributed by atoms with Gasteiger partial charge in [0.15, 0.2) is 11.5 Å². The maximum atomic E-state index is 13.2. The van der Waals surface area contributed by atoms with Crippen molar-refractivity contribution in [2.24, 2.45) is 0 Å². The van der Waals surface area contributed by atoms with Crippen LogP contribution in [0.25, 0.3) is 0 Å². The number of nitrogens with one attached hydrogen (secondary N) is 1. The first-order valence-corrected chi connectivity index (χ1v) is 10.3. The molecule has 0 radical (unpaired) electrons. The molecule has 3 aromatic rings. The van der Waals surface area contributed by atoms with Crippen LogP contribution in [0.1, 0.15) is 69.6 Å². The average molecular weight is 421 g/mol. The number of benzene rings is 1. The van der Waals surface area contributed by atoms with Gasteiger partial charge >= 0.3 is 0 Å². The fourth-order valence-electron chi connectivity index (χ4n) is 3.87. The van der Waals surface area contributed by atoms with Crippen molar-refractivity contribution in [2.45, 2.75) is 31.8 Å². The highest BCUT2D eigenvalue weighted by Crippen LogP contribution is 2.34. The maximum Gasteiger partial charge on any atom is 0.290 e. The number of hydrogen-bond acceptors (Lipinski definition) is 5. The monoisotopic (exact) mass is 421 g/mol. The lowest BCUT2D eigenvalue weighted by atomic mass is 10.00. The van der Waals surface area contributed by atoms with E-state index in [0.717, 1.165) is 18.4 Å². The first kappa shape index (κ1) is 20.9. The van der Waals surface area contributed by atoms with Gasteiger partial charge in [0.2, 0.25) is 0 Å². The molecule has 7 heteroatoms. The summed E-state index contributed by atoms with van der Waals surface area (Å²) in [6, 6.07) is 10.5. The Balaban J connectivity index is 1.57. The standard InChI is InChI=1S/C24H24FN3O3/c1-15(26-2)21-9-10-22(31-21)24(30)28-11-3-4-20(28)17-12-18(14-27-13-17)23(29)16-5-7-19(25)8-6-16/h5-10,12-15,20,26H,3-4,11H2,1-2H3. The molecule has 0 saturated carbocycles. The van der Waals surface area contributed by atoms with Crippen LogP contribution in [-0.2, 0) is 0 Å². The van der Waals surface area contributed by atoms with Crippen LogP contribution in [-0.4, -0.2) is 35.2 Å². The van der Waals surface area contributed by atoms with E-state index in [0.29, 0.717) is 29.2 Å². The van der Waals surface area contributed by atoms with Gasteiger partial charge in [-0.15, -0.1) is 0 Å². The third-order valence-corrected chi connectivity index (χ3v) is 5.72. The highest BCUT2D eigenvalue weighted by Gasteiger charge is 2.33. The Morgan fingerprint density at radius 3 is 2.68 bits per heavy atom. The van der Waals surface area contributed by atoms with Gasteiger partial charge in [0.05, 0.1) is 12.1 Å². The molecule has 3 heterocycles. The van der Waals surface area contributed by atoms with E-state index in [1.807, 2.05) is 20.0 Å². The Bertz CT molecular complexity index is 1090. The normalized spacial score (nSPS) is 17.0. The second-order valence-electron chi connectivity index (χ2n) is 7.71. The van der Waals surface area contributed by atoms with Gasteiger partial charge in [-0.2, -0.15) is 0 Å². The van der Waals surface area contributed by atoms with Gasteiger partial charge in [-0.25, -0.2) is 4.39 Å². The zero-order valence-electron chi connectivity index (χ0n) is 17.5. The number of likely N-dealkylation sites (tertiary alicyclic amines) is 1. The van der Waals surface area contributed by atoms with E-state index in [2.05, 4.69) is 10.3 Å². The highest BCUT2D eigenvalue weighted by molar-refractivity contribution is 6.08. The number of nitrogens with zero attached hydrogens (tertiary/aromatic N) is 2. The zero-order chi connectivity index (χ0) is 22.0. The van der Waals surface area contributed by atoms with Gasteiger partial charge in [0.1, 0.15) is 11.6 Å². The van der Waals surface area contributed by atoms with Crippen LogP contribution in [0.4, 0.5) is 4.39 Å². The maximum absolute atomic E-state index is 13.2. The second kappa shape index (κ2) is 8.81. The van der Waals surface area contributed by atoms with E-state index >= 15 is 0 Å². The van der Waals surface area contributed by atoms with Gasteiger partial charge in [-0.1, -0.05) is 0 Å². The lowest BCUT2D eigenvalue weighted by Crippen LogP contribution is -2.30. The molecule has 0 spiro atoms. The summed E-state index contributed by atoms with van der Waals surface area (Å²) in [4.78, 5) is 31.9. The van der Waals surface area contributed by atoms with Crippen molar-refractivity contribution in [1.29, 1.82) is 0 Å². The summed E-state index contributed by atoms with van der Waals surface area (Å²) in [5.74, 6) is 0.202. The predicted octanol–water partition coefficient (Wildman–Crippen LogP) is 4.30. The Kier molecular flexibility index (Phi) is 5.95. The molecule has 1 amide bonds. The van der Waals surface area contributed by atoms with Crippen molar-refractivity contribution in [3.63, 3.8) is 0 Å². The van der Waals surface area contributed by atoms with Crippen LogP contribution >= 0.6 is 0 Å². The van der Waals surface area contributed by atoms with E-state index in [4.69, 9.17) is 4.42 Å². The van der Waals surface area contributed by atoms with E-state index in [-0.39, 0.29) is 23.8 Å². The fraction of sp³-hybridized carbons (Fsp3) is 0.292. The van der Waals surface area contributed by atoms with E-state index in [1.165, 1.54) is 30.5 Å². The molecule has 1 N–H and O–H groups in total.